The maximum absolute atomic E-state index is 15.3. The first-order chi connectivity index (χ1) is 9.14. The molecule has 2 aromatic rings. The van der Waals surface area contributed by atoms with Crippen molar-refractivity contribution in [2.75, 3.05) is 11.5 Å². The summed E-state index contributed by atoms with van der Waals surface area (Å²) >= 11 is 7.42. The van der Waals surface area contributed by atoms with Crippen LogP contribution in [-0.2, 0) is 12.1 Å². The van der Waals surface area contributed by atoms with E-state index in [1.165, 1.54) is 0 Å². The van der Waals surface area contributed by atoms with Gasteiger partial charge >= 0.3 is 0 Å². The third kappa shape index (κ3) is 3.70. The minimum absolute atomic E-state index is 0.206. The van der Waals surface area contributed by atoms with Gasteiger partial charge in [-0.25, -0.2) is 4.39 Å². The Balaban J connectivity index is 2.25. The molecule has 1 atom stereocenters. The summed E-state index contributed by atoms with van der Waals surface area (Å²) in [6.07, 6.45) is 1.83. The minimum atomic E-state index is -1.46. The van der Waals surface area contributed by atoms with Crippen LogP contribution in [0.4, 0.5) is 4.39 Å². The molecule has 0 radical (unpaired) electrons. The Bertz CT molecular complexity index is 503. The van der Waals surface area contributed by atoms with E-state index >= 15 is 4.39 Å². The summed E-state index contributed by atoms with van der Waals surface area (Å²) in [6.45, 7) is 2.02. The van der Waals surface area contributed by atoms with Crippen molar-refractivity contribution in [1.82, 2.24) is 15.4 Å². The number of rotatable bonds is 6. The molecule has 1 unspecified atom stereocenters. The SMILES string of the molecule is CCSCC(F)(Cc1c[nH]nn1)c1ccc(Cl)cc1. The molecule has 0 aliphatic rings. The summed E-state index contributed by atoms with van der Waals surface area (Å²) in [6, 6.07) is 6.90. The number of hydrogen-bond donors (Lipinski definition) is 1. The highest BCUT2D eigenvalue weighted by Gasteiger charge is 2.33. The van der Waals surface area contributed by atoms with Crippen molar-refractivity contribution >= 4 is 23.4 Å². The van der Waals surface area contributed by atoms with Gasteiger partial charge < -0.3 is 0 Å². The summed E-state index contributed by atoms with van der Waals surface area (Å²) in [5, 5.41) is 10.7. The first kappa shape index (κ1) is 14.3. The highest BCUT2D eigenvalue weighted by Crippen LogP contribution is 2.34. The van der Waals surface area contributed by atoms with Crippen LogP contribution in [0.3, 0.4) is 0 Å². The van der Waals surface area contributed by atoms with Crippen LogP contribution in [0.1, 0.15) is 18.2 Å². The van der Waals surface area contributed by atoms with Crippen molar-refractivity contribution < 1.29 is 4.39 Å². The molecule has 1 aromatic carbocycles. The number of thioether (sulfide) groups is 1. The largest absolute Gasteiger partial charge is 0.265 e. The zero-order chi connectivity index (χ0) is 13.7. The van der Waals surface area contributed by atoms with Crippen molar-refractivity contribution in [3.8, 4) is 0 Å². The van der Waals surface area contributed by atoms with E-state index in [4.69, 9.17) is 11.6 Å². The lowest BCUT2D eigenvalue weighted by Crippen LogP contribution is -2.27. The standard InChI is InChI=1S/C13H15ClFN3S/c1-2-19-9-13(15,7-12-8-16-18-17-12)10-3-5-11(14)6-4-10/h3-6,8H,2,7,9H2,1H3,(H,16,17,18). The van der Waals surface area contributed by atoms with Crippen LogP contribution in [0.15, 0.2) is 30.5 Å². The minimum Gasteiger partial charge on any atom is -0.265 e. The second-order valence-electron chi connectivity index (χ2n) is 4.25. The van der Waals surface area contributed by atoms with E-state index in [2.05, 4.69) is 15.4 Å². The molecule has 0 aliphatic carbocycles. The summed E-state index contributed by atoms with van der Waals surface area (Å²) < 4.78 is 15.3. The van der Waals surface area contributed by atoms with Crippen molar-refractivity contribution in [1.29, 1.82) is 0 Å². The van der Waals surface area contributed by atoms with Crippen molar-refractivity contribution in [3.05, 3.63) is 46.7 Å². The highest BCUT2D eigenvalue weighted by atomic mass is 35.5. The molecule has 1 aromatic heterocycles. The van der Waals surface area contributed by atoms with Gasteiger partial charge in [0.25, 0.3) is 0 Å². The Kier molecular flexibility index (Phi) is 4.82. The van der Waals surface area contributed by atoms with Gasteiger partial charge in [0.15, 0.2) is 5.67 Å². The van der Waals surface area contributed by atoms with Gasteiger partial charge in [0.1, 0.15) is 0 Å². The zero-order valence-electron chi connectivity index (χ0n) is 10.6. The molecule has 0 spiro atoms. The fraction of sp³-hybridized carbons (Fsp3) is 0.385. The van der Waals surface area contributed by atoms with E-state index in [0.29, 0.717) is 22.0 Å². The number of aromatic nitrogens is 3. The van der Waals surface area contributed by atoms with E-state index in [9.17, 15) is 0 Å². The van der Waals surface area contributed by atoms with Crippen molar-refractivity contribution in [2.45, 2.75) is 19.0 Å². The number of alkyl halides is 1. The Labute approximate surface area is 120 Å². The Morgan fingerprint density at radius 2 is 2.11 bits per heavy atom. The van der Waals surface area contributed by atoms with Gasteiger partial charge in [0, 0.05) is 23.4 Å². The molecule has 0 aliphatic heterocycles. The topological polar surface area (TPSA) is 41.6 Å². The van der Waals surface area contributed by atoms with Crippen LogP contribution < -0.4 is 0 Å². The monoisotopic (exact) mass is 299 g/mol. The average molecular weight is 300 g/mol. The van der Waals surface area contributed by atoms with Gasteiger partial charge in [-0.2, -0.15) is 11.8 Å². The predicted molar refractivity (Wildman–Crippen MR) is 77.3 cm³/mol. The Morgan fingerprint density at radius 1 is 1.37 bits per heavy atom. The van der Waals surface area contributed by atoms with Gasteiger partial charge in [0.2, 0.25) is 0 Å². The third-order valence-electron chi connectivity index (χ3n) is 2.83. The highest BCUT2D eigenvalue weighted by molar-refractivity contribution is 7.99. The molecule has 19 heavy (non-hydrogen) atoms. The molecular formula is C13H15ClFN3S. The molecule has 0 amide bonds. The molecule has 0 fully saturated rings. The summed E-state index contributed by atoms with van der Waals surface area (Å²) in [4.78, 5) is 0. The molecule has 0 bridgehead atoms. The molecule has 0 saturated heterocycles. The van der Waals surface area contributed by atoms with Crippen molar-refractivity contribution in [3.63, 3.8) is 0 Å². The van der Waals surface area contributed by atoms with Gasteiger partial charge in [-0.3, -0.25) is 5.10 Å². The number of hydrogen-bond acceptors (Lipinski definition) is 3. The first-order valence-electron chi connectivity index (χ1n) is 6.02. The lowest BCUT2D eigenvalue weighted by Gasteiger charge is -2.24. The summed E-state index contributed by atoms with van der Waals surface area (Å²) in [5.41, 5.74) is -0.211. The zero-order valence-corrected chi connectivity index (χ0v) is 12.1. The number of H-pyrrole nitrogens is 1. The van der Waals surface area contributed by atoms with Gasteiger partial charge in [0.05, 0.1) is 5.69 Å². The Morgan fingerprint density at radius 3 is 2.68 bits per heavy atom. The molecule has 1 heterocycles. The molecule has 1 N–H and O–H groups in total. The quantitative estimate of drug-likeness (QED) is 0.886. The average Bonchev–Trinajstić information content (AvgIpc) is 2.90. The van der Waals surface area contributed by atoms with Crippen LogP contribution in [0, 0.1) is 0 Å². The van der Waals surface area contributed by atoms with Gasteiger partial charge in [-0.15, -0.1) is 5.10 Å². The number of nitrogens with zero attached hydrogens (tertiary/aromatic N) is 2. The molecule has 3 nitrogen and oxygen atoms in total. The number of halogens is 2. The van der Waals surface area contributed by atoms with Crippen LogP contribution in [0.2, 0.25) is 5.02 Å². The Hall–Kier alpha value is -1.07. The third-order valence-corrected chi connectivity index (χ3v) is 4.15. The molecule has 6 heteroatoms. The van der Waals surface area contributed by atoms with Crippen LogP contribution in [-0.4, -0.2) is 26.9 Å². The number of benzene rings is 1. The normalized spacial score (nSPS) is 14.3. The fourth-order valence-electron chi connectivity index (χ4n) is 1.85. The lowest BCUT2D eigenvalue weighted by atomic mass is 9.93. The predicted octanol–water partition coefficient (Wildman–Crippen LogP) is 3.62. The smallest absolute Gasteiger partial charge is 0.150 e. The van der Waals surface area contributed by atoms with Crippen LogP contribution in [0.5, 0.6) is 0 Å². The van der Waals surface area contributed by atoms with Gasteiger partial charge in [-0.05, 0) is 23.4 Å². The van der Waals surface area contributed by atoms with E-state index < -0.39 is 5.67 Å². The first-order valence-corrected chi connectivity index (χ1v) is 7.55. The summed E-state index contributed by atoms with van der Waals surface area (Å²) in [5.74, 6) is 1.26. The fourth-order valence-corrected chi connectivity index (χ4v) is 2.77. The number of nitrogens with one attached hydrogen (secondary N) is 1. The van der Waals surface area contributed by atoms with Crippen LogP contribution in [0.25, 0.3) is 0 Å². The molecular weight excluding hydrogens is 285 g/mol. The van der Waals surface area contributed by atoms with E-state index in [-0.39, 0.29) is 6.42 Å². The molecule has 2 rings (SSSR count). The van der Waals surface area contributed by atoms with E-state index in [1.807, 2.05) is 6.92 Å². The van der Waals surface area contributed by atoms with Crippen molar-refractivity contribution in [2.24, 2.45) is 0 Å². The second kappa shape index (κ2) is 6.39. The van der Waals surface area contributed by atoms with E-state index in [1.54, 1.807) is 42.2 Å². The summed E-state index contributed by atoms with van der Waals surface area (Å²) in [7, 11) is 0. The maximum Gasteiger partial charge on any atom is 0.150 e. The van der Waals surface area contributed by atoms with Crippen LogP contribution >= 0.6 is 23.4 Å². The maximum atomic E-state index is 15.3. The number of aromatic amines is 1. The van der Waals surface area contributed by atoms with E-state index in [0.717, 1.165) is 5.75 Å². The molecule has 0 saturated carbocycles. The second-order valence-corrected chi connectivity index (χ2v) is 5.96. The lowest BCUT2D eigenvalue weighted by molar-refractivity contribution is 0.197. The molecule has 102 valence electrons. The van der Waals surface area contributed by atoms with Gasteiger partial charge in [-0.1, -0.05) is 35.9 Å².